The molecule has 3 aromatic rings. The summed E-state index contributed by atoms with van der Waals surface area (Å²) < 4.78 is 7.43. The number of rotatable bonds is 8. The molecular weight excluding hydrogens is 372 g/mol. The minimum Gasteiger partial charge on any atom is -0.482 e. The van der Waals surface area contributed by atoms with Gasteiger partial charge in [-0.15, -0.1) is 0 Å². The summed E-state index contributed by atoms with van der Waals surface area (Å²) in [4.78, 5) is 23.2. The second kappa shape index (κ2) is 9.01. The summed E-state index contributed by atoms with van der Waals surface area (Å²) in [5.74, 6) is -0.0267. The molecule has 0 fully saturated rings. The van der Waals surface area contributed by atoms with Crippen molar-refractivity contribution in [2.24, 2.45) is 0 Å². The lowest BCUT2D eigenvalue weighted by molar-refractivity contribution is -0.386. The molecule has 0 saturated heterocycles. The van der Waals surface area contributed by atoms with E-state index in [0.29, 0.717) is 12.1 Å². The first-order chi connectivity index (χ1) is 14.0. The molecule has 0 aliphatic heterocycles. The van der Waals surface area contributed by atoms with Gasteiger partial charge in [0.25, 0.3) is 5.91 Å². The molecule has 0 unspecified atom stereocenters. The van der Waals surface area contributed by atoms with Crippen molar-refractivity contribution in [3.63, 3.8) is 0 Å². The zero-order valence-electron chi connectivity index (χ0n) is 16.3. The molecule has 1 aromatic heterocycles. The molecule has 1 N–H and O–H groups in total. The zero-order chi connectivity index (χ0) is 20.8. The second-order valence-electron chi connectivity index (χ2n) is 6.56. The summed E-state index contributed by atoms with van der Waals surface area (Å²) in [7, 11) is 0. The van der Waals surface area contributed by atoms with Gasteiger partial charge in [0.05, 0.1) is 17.2 Å². The Kier molecular flexibility index (Phi) is 6.23. The Morgan fingerprint density at radius 1 is 1.24 bits per heavy atom. The molecule has 1 heterocycles. The van der Waals surface area contributed by atoms with E-state index in [2.05, 4.69) is 10.4 Å². The number of hydrogen-bond donors (Lipinski definition) is 1. The number of aryl methyl sites for hydroxylation is 2. The maximum Gasteiger partial charge on any atom is 0.311 e. The first kappa shape index (κ1) is 20.1. The highest BCUT2D eigenvalue weighted by atomic mass is 16.6. The second-order valence-corrected chi connectivity index (χ2v) is 6.56. The van der Waals surface area contributed by atoms with Gasteiger partial charge in [-0.3, -0.25) is 19.6 Å². The fourth-order valence-electron chi connectivity index (χ4n) is 2.80. The van der Waals surface area contributed by atoms with E-state index in [1.807, 2.05) is 19.2 Å². The van der Waals surface area contributed by atoms with Gasteiger partial charge in [-0.2, -0.15) is 5.10 Å². The number of hydrogen-bond acceptors (Lipinski definition) is 5. The number of carbonyl (C=O) groups is 1. The van der Waals surface area contributed by atoms with Gasteiger partial charge in [-0.05, 0) is 49.2 Å². The van der Waals surface area contributed by atoms with Crippen molar-refractivity contribution in [2.45, 2.75) is 33.5 Å². The third kappa shape index (κ3) is 5.19. The van der Waals surface area contributed by atoms with Crippen molar-refractivity contribution in [1.29, 1.82) is 0 Å². The lowest BCUT2D eigenvalue weighted by atomic mass is 10.1. The fraction of sp³-hybridized carbons (Fsp3) is 0.238. The van der Waals surface area contributed by atoms with Crippen molar-refractivity contribution in [2.75, 3.05) is 0 Å². The van der Waals surface area contributed by atoms with Crippen molar-refractivity contribution in [3.8, 4) is 5.75 Å². The average Bonchev–Trinajstić information content (AvgIpc) is 3.19. The van der Waals surface area contributed by atoms with Gasteiger partial charge in [0.1, 0.15) is 6.61 Å². The Bertz CT molecular complexity index is 1030. The SMILES string of the molecule is CCn1ccc(CNC(=O)c2cccc(COc3ccc(C)cc3[N+](=O)[O-])c2)n1. The van der Waals surface area contributed by atoms with Crippen LogP contribution >= 0.6 is 0 Å². The number of benzene rings is 2. The van der Waals surface area contributed by atoms with Crippen molar-refractivity contribution >= 4 is 11.6 Å². The number of aromatic nitrogens is 2. The highest BCUT2D eigenvalue weighted by Crippen LogP contribution is 2.28. The molecule has 0 saturated carbocycles. The normalized spacial score (nSPS) is 10.6. The summed E-state index contributed by atoms with van der Waals surface area (Å²) in [5.41, 5.74) is 2.71. The van der Waals surface area contributed by atoms with Crippen LogP contribution in [0.5, 0.6) is 5.75 Å². The van der Waals surface area contributed by atoms with Gasteiger partial charge in [-0.1, -0.05) is 18.2 Å². The average molecular weight is 394 g/mol. The topological polar surface area (TPSA) is 99.3 Å². The van der Waals surface area contributed by atoms with Gasteiger partial charge in [0.15, 0.2) is 5.75 Å². The van der Waals surface area contributed by atoms with Crippen LogP contribution < -0.4 is 10.1 Å². The van der Waals surface area contributed by atoms with Crippen LogP contribution in [0.1, 0.15) is 34.1 Å². The quantitative estimate of drug-likeness (QED) is 0.465. The molecule has 3 rings (SSSR count). The van der Waals surface area contributed by atoms with Crippen LogP contribution in [-0.4, -0.2) is 20.6 Å². The number of nitro benzene ring substituents is 1. The standard InChI is InChI=1S/C21H22N4O4/c1-3-24-10-9-18(23-24)13-22-21(26)17-6-4-5-16(12-17)14-29-20-8-7-15(2)11-19(20)25(27)28/h4-12H,3,13-14H2,1-2H3,(H,22,26). The molecule has 0 bridgehead atoms. The minimum atomic E-state index is -0.466. The van der Waals surface area contributed by atoms with E-state index in [4.69, 9.17) is 4.74 Å². The first-order valence-corrected chi connectivity index (χ1v) is 9.23. The Morgan fingerprint density at radius 2 is 2.07 bits per heavy atom. The Morgan fingerprint density at radius 3 is 2.79 bits per heavy atom. The number of amides is 1. The van der Waals surface area contributed by atoms with Crippen molar-refractivity contribution in [1.82, 2.24) is 15.1 Å². The van der Waals surface area contributed by atoms with E-state index in [1.165, 1.54) is 6.07 Å². The largest absolute Gasteiger partial charge is 0.482 e. The van der Waals surface area contributed by atoms with Crippen LogP contribution in [0.3, 0.4) is 0 Å². The third-order valence-electron chi connectivity index (χ3n) is 4.34. The first-order valence-electron chi connectivity index (χ1n) is 9.23. The smallest absolute Gasteiger partial charge is 0.311 e. The summed E-state index contributed by atoms with van der Waals surface area (Å²) in [6, 6.07) is 13.6. The molecule has 0 aliphatic rings. The Labute approximate surface area is 168 Å². The number of nitrogens with one attached hydrogen (secondary N) is 1. The predicted molar refractivity (Wildman–Crippen MR) is 108 cm³/mol. The Balaban J connectivity index is 1.63. The summed E-state index contributed by atoms with van der Waals surface area (Å²) in [6.07, 6.45) is 1.86. The molecular formula is C21H22N4O4. The molecule has 8 heteroatoms. The monoisotopic (exact) mass is 394 g/mol. The molecule has 0 radical (unpaired) electrons. The Hall–Kier alpha value is -3.68. The lowest BCUT2D eigenvalue weighted by Gasteiger charge is -2.09. The maximum absolute atomic E-state index is 12.4. The van der Waals surface area contributed by atoms with Crippen LogP contribution in [-0.2, 0) is 19.7 Å². The van der Waals surface area contributed by atoms with E-state index in [1.54, 1.807) is 48.0 Å². The van der Waals surface area contributed by atoms with Gasteiger partial charge < -0.3 is 10.1 Å². The van der Waals surface area contributed by atoms with E-state index in [-0.39, 0.29) is 24.0 Å². The van der Waals surface area contributed by atoms with Gasteiger partial charge in [0.2, 0.25) is 0 Å². The maximum atomic E-state index is 12.4. The van der Waals surface area contributed by atoms with Crippen LogP contribution in [0.2, 0.25) is 0 Å². The summed E-state index contributed by atoms with van der Waals surface area (Å²) in [6.45, 7) is 5.00. The number of carbonyl (C=O) groups excluding carboxylic acids is 1. The third-order valence-corrected chi connectivity index (χ3v) is 4.34. The highest BCUT2D eigenvalue weighted by molar-refractivity contribution is 5.94. The zero-order valence-corrected chi connectivity index (χ0v) is 16.3. The van der Waals surface area contributed by atoms with Crippen molar-refractivity contribution in [3.05, 3.63) is 87.2 Å². The van der Waals surface area contributed by atoms with E-state index in [0.717, 1.165) is 23.4 Å². The van der Waals surface area contributed by atoms with E-state index < -0.39 is 4.92 Å². The number of ether oxygens (including phenoxy) is 1. The molecule has 29 heavy (non-hydrogen) atoms. The molecule has 2 aromatic carbocycles. The summed E-state index contributed by atoms with van der Waals surface area (Å²) in [5, 5.41) is 18.4. The van der Waals surface area contributed by atoms with E-state index in [9.17, 15) is 14.9 Å². The molecule has 150 valence electrons. The van der Waals surface area contributed by atoms with Crippen LogP contribution in [0.4, 0.5) is 5.69 Å². The molecule has 0 spiro atoms. The van der Waals surface area contributed by atoms with Gasteiger partial charge in [0, 0.05) is 24.4 Å². The van der Waals surface area contributed by atoms with Crippen LogP contribution in [0.25, 0.3) is 0 Å². The highest BCUT2D eigenvalue weighted by Gasteiger charge is 2.15. The van der Waals surface area contributed by atoms with Gasteiger partial charge in [-0.25, -0.2) is 0 Å². The minimum absolute atomic E-state index is 0.0783. The molecule has 1 amide bonds. The lowest BCUT2D eigenvalue weighted by Crippen LogP contribution is -2.23. The molecule has 0 aliphatic carbocycles. The molecule has 8 nitrogen and oxygen atoms in total. The van der Waals surface area contributed by atoms with Crippen molar-refractivity contribution < 1.29 is 14.5 Å². The fourth-order valence-corrected chi connectivity index (χ4v) is 2.80. The number of nitrogens with zero attached hydrogens (tertiary/aromatic N) is 3. The summed E-state index contributed by atoms with van der Waals surface area (Å²) >= 11 is 0. The van der Waals surface area contributed by atoms with Gasteiger partial charge >= 0.3 is 5.69 Å². The van der Waals surface area contributed by atoms with E-state index >= 15 is 0 Å². The molecule has 0 atom stereocenters. The van der Waals surface area contributed by atoms with Crippen LogP contribution in [0.15, 0.2) is 54.7 Å². The van der Waals surface area contributed by atoms with Crippen LogP contribution in [0, 0.1) is 17.0 Å². The predicted octanol–water partition coefficient (Wildman–Crippen LogP) is 3.63. The number of nitro groups is 1.